The highest BCUT2D eigenvalue weighted by molar-refractivity contribution is 5.98. The molecule has 0 saturated heterocycles. The fourth-order valence-corrected chi connectivity index (χ4v) is 0.525. The van der Waals surface area contributed by atoms with Crippen molar-refractivity contribution >= 4 is 17.8 Å². The summed E-state index contributed by atoms with van der Waals surface area (Å²) in [6.45, 7) is 0. The van der Waals surface area contributed by atoms with Crippen molar-refractivity contribution < 1.29 is 24.6 Å². The van der Waals surface area contributed by atoms with Crippen molar-refractivity contribution in [1.29, 1.82) is 0 Å². The van der Waals surface area contributed by atoms with Crippen LogP contribution in [0.1, 0.15) is 6.42 Å². The van der Waals surface area contributed by atoms with Gasteiger partial charge in [-0.1, -0.05) is 0 Å². The molecule has 0 aromatic carbocycles. The predicted octanol–water partition coefficient (Wildman–Crippen LogP) is -1.04. The first-order chi connectivity index (χ1) is 5.43. The molecule has 0 aliphatic rings. The summed E-state index contributed by atoms with van der Waals surface area (Å²) >= 11 is 0. The molecular weight excluding hydrogens is 166 g/mol. The van der Waals surface area contributed by atoms with Crippen LogP contribution in [-0.4, -0.2) is 28.1 Å². The zero-order valence-corrected chi connectivity index (χ0v) is 5.98. The SMILES string of the molecule is NC(=O)C/C(=C/C(=O)O)C(=O)O. The minimum atomic E-state index is -1.46. The Balaban J connectivity index is 4.55. The summed E-state index contributed by atoms with van der Waals surface area (Å²) in [5, 5.41) is 16.5. The molecule has 0 unspecified atom stereocenters. The number of rotatable bonds is 4. The van der Waals surface area contributed by atoms with Crippen LogP contribution in [0.3, 0.4) is 0 Å². The number of carbonyl (C=O) groups is 3. The third kappa shape index (κ3) is 4.04. The number of nitrogens with two attached hydrogens (primary N) is 1. The Hall–Kier alpha value is -1.85. The molecule has 1 amide bonds. The molecule has 0 radical (unpaired) electrons. The Morgan fingerprint density at radius 2 is 1.75 bits per heavy atom. The Kier molecular flexibility index (Phi) is 3.48. The van der Waals surface area contributed by atoms with E-state index in [0.29, 0.717) is 6.08 Å². The van der Waals surface area contributed by atoms with Crippen LogP contribution in [0.2, 0.25) is 0 Å². The van der Waals surface area contributed by atoms with Gasteiger partial charge in [0.1, 0.15) is 0 Å². The van der Waals surface area contributed by atoms with Crippen LogP contribution in [0, 0.1) is 0 Å². The Morgan fingerprint density at radius 3 is 2.00 bits per heavy atom. The molecule has 0 rings (SSSR count). The Labute approximate surface area is 67.3 Å². The lowest BCUT2D eigenvalue weighted by Crippen LogP contribution is -2.15. The third-order valence-electron chi connectivity index (χ3n) is 0.937. The highest BCUT2D eigenvalue weighted by atomic mass is 16.4. The first-order valence-electron chi connectivity index (χ1n) is 2.88. The Morgan fingerprint density at radius 1 is 1.25 bits per heavy atom. The van der Waals surface area contributed by atoms with Gasteiger partial charge in [-0.3, -0.25) is 4.79 Å². The number of aliphatic carboxylic acids is 2. The maximum atomic E-state index is 10.2. The van der Waals surface area contributed by atoms with Gasteiger partial charge in [0.2, 0.25) is 5.91 Å². The molecule has 0 aliphatic heterocycles. The molecule has 0 spiro atoms. The van der Waals surface area contributed by atoms with Crippen LogP contribution < -0.4 is 5.73 Å². The molecule has 4 N–H and O–H groups in total. The molecule has 6 heteroatoms. The predicted molar refractivity (Wildman–Crippen MR) is 37.2 cm³/mol. The number of carboxylic acids is 2. The van der Waals surface area contributed by atoms with Crippen LogP contribution in [-0.2, 0) is 14.4 Å². The monoisotopic (exact) mass is 173 g/mol. The van der Waals surface area contributed by atoms with E-state index in [9.17, 15) is 14.4 Å². The van der Waals surface area contributed by atoms with E-state index in [0.717, 1.165) is 0 Å². The second-order valence-electron chi connectivity index (χ2n) is 1.96. The average Bonchev–Trinajstić information content (AvgIpc) is 1.83. The summed E-state index contributed by atoms with van der Waals surface area (Å²) in [5.74, 6) is -3.77. The summed E-state index contributed by atoms with van der Waals surface area (Å²) in [5.41, 5.74) is 4.14. The zero-order valence-electron chi connectivity index (χ0n) is 5.98. The summed E-state index contributed by atoms with van der Waals surface area (Å²) in [7, 11) is 0. The molecular formula is C6H7NO5. The van der Waals surface area contributed by atoms with E-state index in [4.69, 9.17) is 10.2 Å². The molecule has 0 bridgehead atoms. The molecule has 0 aromatic heterocycles. The van der Waals surface area contributed by atoms with Crippen molar-refractivity contribution in [1.82, 2.24) is 0 Å². The van der Waals surface area contributed by atoms with Crippen LogP contribution in [0.4, 0.5) is 0 Å². The van der Waals surface area contributed by atoms with E-state index in [1.165, 1.54) is 0 Å². The molecule has 0 saturated carbocycles. The van der Waals surface area contributed by atoms with Gasteiger partial charge in [-0.15, -0.1) is 0 Å². The first kappa shape index (κ1) is 10.2. The maximum absolute atomic E-state index is 10.2. The van der Waals surface area contributed by atoms with Crippen molar-refractivity contribution in [2.24, 2.45) is 5.73 Å². The molecule has 0 heterocycles. The number of primary amides is 1. The smallest absolute Gasteiger partial charge is 0.332 e. The summed E-state index contributed by atoms with van der Waals surface area (Å²) < 4.78 is 0. The van der Waals surface area contributed by atoms with Crippen molar-refractivity contribution in [3.63, 3.8) is 0 Å². The minimum absolute atomic E-state index is 0.438. The van der Waals surface area contributed by atoms with Gasteiger partial charge in [0.25, 0.3) is 0 Å². The largest absolute Gasteiger partial charge is 0.478 e. The van der Waals surface area contributed by atoms with E-state index in [-0.39, 0.29) is 0 Å². The molecule has 0 atom stereocenters. The average molecular weight is 173 g/mol. The van der Waals surface area contributed by atoms with E-state index >= 15 is 0 Å². The molecule has 6 nitrogen and oxygen atoms in total. The summed E-state index contributed by atoms with van der Waals surface area (Å²) in [4.78, 5) is 30.5. The van der Waals surface area contributed by atoms with Crippen LogP contribution in [0.15, 0.2) is 11.6 Å². The third-order valence-corrected chi connectivity index (χ3v) is 0.937. The van der Waals surface area contributed by atoms with E-state index in [1.807, 2.05) is 0 Å². The number of amides is 1. The fourth-order valence-electron chi connectivity index (χ4n) is 0.525. The van der Waals surface area contributed by atoms with Crippen LogP contribution in [0.25, 0.3) is 0 Å². The molecule has 0 fully saturated rings. The van der Waals surface area contributed by atoms with Gasteiger partial charge in [-0.2, -0.15) is 0 Å². The quantitative estimate of drug-likeness (QED) is 0.469. The molecule has 0 aromatic rings. The van der Waals surface area contributed by atoms with Gasteiger partial charge in [-0.05, 0) is 0 Å². The summed E-state index contributed by atoms with van der Waals surface area (Å²) in [6, 6.07) is 0. The molecule has 0 aliphatic carbocycles. The molecule has 12 heavy (non-hydrogen) atoms. The lowest BCUT2D eigenvalue weighted by Gasteiger charge is -1.95. The van der Waals surface area contributed by atoms with Crippen LogP contribution >= 0.6 is 0 Å². The highest BCUT2D eigenvalue weighted by Crippen LogP contribution is 2.00. The van der Waals surface area contributed by atoms with Gasteiger partial charge in [0.05, 0.1) is 12.0 Å². The van der Waals surface area contributed by atoms with Crippen molar-refractivity contribution in [2.45, 2.75) is 6.42 Å². The topological polar surface area (TPSA) is 118 Å². The van der Waals surface area contributed by atoms with E-state index in [1.54, 1.807) is 0 Å². The van der Waals surface area contributed by atoms with Gasteiger partial charge in [0, 0.05) is 6.08 Å². The van der Waals surface area contributed by atoms with E-state index in [2.05, 4.69) is 5.73 Å². The lowest BCUT2D eigenvalue weighted by atomic mass is 10.2. The standard InChI is InChI=1S/C6H7NO5/c7-4(8)1-3(6(11)12)2-5(9)10/h2H,1H2,(H2,7,8)(H,9,10)(H,11,12)/b3-2-. The highest BCUT2D eigenvalue weighted by Gasteiger charge is 2.11. The minimum Gasteiger partial charge on any atom is -0.478 e. The number of carbonyl (C=O) groups excluding carboxylic acids is 1. The number of carboxylic acid groups (broad SMARTS) is 2. The van der Waals surface area contributed by atoms with Crippen LogP contribution in [0.5, 0.6) is 0 Å². The second-order valence-corrected chi connectivity index (χ2v) is 1.96. The van der Waals surface area contributed by atoms with Crippen molar-refractivity contribution in [2.75, 3.05) is 0 Å². The van der Waals surface area contributed by atoms with Crippen molar-refractivity contribution in [3.8, 4) is 0 Å². The van der Waals surface area contributed by atoms with Gasteiger partial charge in [-0.25, -0.2) is 9.59 Å². The molecule has 66 valence electrons. The fraction of sp³-hybridized carbons (Fsp3) is 0.167. The zero-order chi connectivity index (χ0) is 9.72. The Bertz CT molecular complexity index is 255. The lowest BCUT2D eigenvalue weighted by molar-refractivity contribution is -0.135. The maximum Gasteiger partial charge on any atom is 0.332 e. The van der Waals surface area contributed by atoms with Gasteiger partial charge >= 0.3 is 11.9 Å². The van der Waals surface area contributed by atoms with Crippen molar-refractivity contribution in [3.05, 3.63) is 11.6 Å². The van der Waals surface area contributed by atoms with E-state index < -0.39 is 29.8 Å². The van der Waals surface area contributed by atoms with Gasteiger partial charge < -0.3 is 15.9 Å². The number of hydrogen-bond donors (Lipinski definition) is 3. The first-order valence-corrected chi connectivity index (χ1v) is 2.88. The van der Waals surface area contributed by atoms with Gasteiger partial charge in [0.15, 0.2) is 0 Å². The normalized spacial score (nSPS) is 10.8. The summed E-state index contributed by atoms with van der Waals surface area (Å²) in [6.07, 6.45) is -0.144. The number of hydrogen-bond acceptors (Lipinski definition) is 3. The second kappa shape index (κ2) is 4.12.